The van der Waals surface area contributed by atoms with Crippen LogP contribution < -0.4 is 0 Å². The van der Waals surface area contributed by atoms with Gasteiger partial charge in [-0.15, -0.1) is 7.92 Å². The molecule has 0 aromatic heterocycles. The minimum Gasteiger partial charge on any atom is -0.323 e. The van der Waals surface area contributed by atoms with E-state index in [4.69, 9.17) is 0 Å². The second-order valence-electron chi connectivity index (χ2n) is 6.37. The van der Waals surface area contributed by atoms with Gasteiger partial charge in [-0.05, 0) is 43.2 Å². The maximum Gasteiger partial charge on any atom is 0.0933 e. The lowest BCUT2D eigenvalue weighted by molar-refractivity contribution is 0.568. The fourth-order valence-corrected chi connectivity index (χ4v) is 11.6. The van der Waals surface area contributed by atoms with E-state index in [1.165, 1.54) is 31.8 Å². The van der Waals surface area contributed by atoms with Crippen LogP contribution in [0.15, 0.2) is 0 Å². The normalized spacial score (nSPS) is 42.1. The Hall–Kier alpha value is 0.660. The van der Waals surface area contributed by atoms with Gasteiger partial charge in [-0.1, -0.05) is 27.7 Å². The molecule has 17 heavy (non-hydrogen) atoms. The van der Waals surface area contributed by atoms with Crippen molar-refractivity contribution in [1.29, 1.82) is 0 Å². The molecule has 2 rings (SSSR count). The largest absolute Gasteiger partial charge is 0.323 e. The topological polar surface area (TPSA) is 17.1 Å². The highest BCUT2D eigenvalue weighted by Gasteiger charge is 2.41. The van der Waals surface area contributed by atoms with Crippen LogP contribution in [0.25, 0.3) is 0 Å². The van der Waals surface area contributed by atoms with Crippen LogP contribution in [0.4, 0.5) is 0 Å². The quantitative estimate of drug-likeness (QED) is 0.664. The van der Waals surface area contributed by atoms with Crippen molar-refractivity contribution >= 4 is 15.1 Å². The summed E-state index contributed by atoms with van der Waals surface area (Å²) < 4.78 is 13.1. The van der Waals surface area contributed by atoms with Crippen LogP contribution in [0.5, 0.6) is 0 Å². The third kappa shape index (κ3) is 2.66. The zero-order valence-corrected chi connectivity index (χ0v) is 13.6. The Kier molecular flexibility index (Phi) is 4.42. The molecule has 0 amide bonds. The minimum absolute atomic E-state index is 0.174. The Bertz CT molecular complexity index is 291. The van der Waals surface area contributed by atoms with Gasteiger partial charge in [0.2, 0.25) is 0 Å². The Morgan fingerprint density at radius 1 is 0.941 bits per heavy atom. The van der Waals surface area contributed by atoms with Gasteiger partial charge in [0.25, 0.3) is 0 Å². The second-order valence-corrected chi connectivity index (χ2v) is 13.5. The van der Waals surface area contributed by atoms with Gasteiger partial charge in [-0.2, -0.15) is 0 Å². The summed E-state index contributed by atoms with van der Waals surface area (Å²) >= 11 is 0. The van der Waals surface area contributed by atoms with E-state index in [1.807, 2.05) is 0 Å². The first kappa shape index (κ1) is 14.1. The first-order valence-corrected chi connectivity index (χ1v) is 11.0. The Balaban J connectivity index is 1.95. The molecular weight excluding hydrogens is 246 g/mol. The molecule has 0 bridgehead atoms. The lowest BCUT2D eigenvalue weighted by atomic mass is 10.2. The summed E-state index contributed by atoms with van der Waals surface area (Å²) in [5.74, 6) is 0. The maximum absolute atomic E-state index is 13.1. The van der Waals surface area contributed by atoms with Gasteiger partial charge in [0.15, 0.2) is 0 Å². The molecule has 0 aromatic carbocycles. The molecule has 2 saturated heterocycles. The highest BCUT2D eigenvalue weighted by molar-refractivity contribution is 7.67. The smallest absolute Gasteiger partial charge is 0.0933 e. The monoisotopic (exact) mass is 274 g/mol. The minimum atomic E-state index is -1.84. The number of hydrogen-bond acceptors (Lipinski definition) is 1. The van der Waals surface area contributed by atoms with Gasteiger partial charge in [0.1, 0.15) is 0 Å². The molecule has 4 atom stereocenters. The molecule has 100 valence electrons. The predicted octanol–water partition coefficient (Wildman–Crippen LogP) is 4.97. The molecule has 1 nitrogen and oxygen atoms in total. The second kappa shape index (κ2) is 5.34. The predicted molar refractivity (Wildman–Crippen MR) is 80.6 cm³/mol. The lowest BCUT2D eigenvalue weighted by Crippen LogP contribution is -2.11. The van der Waals surface area contributed by atoms with E-state index in [9.17, 15) is 4.57 Å². The molecule has 0 aromatic rings. The van der Waals surface area contributed by atoms with Crippen LogP contribution in [0.3, 0.4) is 0 Å². The summed E-state index contributed by atoms with van der Waals surface area (Å²) in [5.41, 5.74) is 2.89. The molecule has 2 aliphatic rings. The lowest BCUT2D eigenvalue weighted by Gasteiger charge is -2.26. The van der Waals surface area contributed by atoms with E-state index in [2.05, 4.69) is 27.7 Å². The molecule has 2 heterocycles. The summed E-state index contributed by atoms with van der Waals surface area (Å²) in [6.07, 6.45) is 7.62. The van der Waals surface area contributed by atoms with Crippen LogP contribution in [-0.2, 0) is 4.57 Å². The van der Waals surface area contributed by atoms with E-state index >= 15 is 0 Å². The van der Waals surface area contributed by atoms with E-state index in [0.717, 1.165) is 17.5 Å². The van der Waals surface area contributed by atoms with Gasteiger partial charge in [-0.25, -0.2) is 0 Å². The summed E-state index contributed by atoms with van der Waals surface area (Å²) in [6.45, 7) is 9.32. The first-order chi connectivity index (χ1) is 7.95. The molecule has 2 fully saturated rings. The Morgan fingerprint density at radius 3 is 1.88 bits per heavy atom. The SMILES string of the molecule is C[C@@H]1CC[C@@H](C)P1CCP1(=O)[C@H](C)CC[C@H]1C. The summed E-state index contributed by atoms with van der Waals surface area (Å²) in [6, 6.07) is 0. The third-order valence-electron chi connectivity index (χ3n) is 5.34. The summed E-state index contributed by atoms with van der Waals surface area (Å²) in [5, 5.41) is 0. The average molecular weight is 274 g/mol. The fourth-order valence-electron chi connectivity index (χ4n) is 3.76. The van der Waals surface area contributed by atoms with Gasteiger partial charge >= 0.3 is 0 Å². The van der Waals surface area contributed by atoms with Crippen LogP contribution in [-0.4, -0.2) is 35.0 Å². The van der Waals surface area contributed by atoms with Crippen molar-refractivity contribution < 1.29 is 4.57 Å². The van der Waals surface area contributed by atoms with Gasteiger partial charge in [-0.3, -0.25) is 0 Å². The molecule has 0 spiro atoms. The Labute approximate surface area is 108 Å². The highest BCUT2D eigenvalue weighted by atomic mass is 31.2. The highest BCUT2D eigenvalue weighted by Crippen LogP contribution is 2.65. The molecule has 2 aliphatic heterocycles. The van der Waals surface area contributed by atoms with Gasteiger partial charge in [0, 0.05) is 17.5 Å². The van der Waals surface area contributed by atoms with Gasteiger partial charge < -0.3 is 4.57 Å². The molecule has 0 radical (unpaired) electrons. The van der Waals surface area contributed by atoms with Crippen LogP contribution in [0.1, 0.15) is 53.4 Å². The van der Waals surface area contributed by atoms with Gasteiger partial charge in [0.05, 0.1) is 7.14 Å². The Morgan fingerprint density at radius 2 is 1.41 bits per heavy atom. The third-order valence-corrected chi connectivity index (χ3v) is 13.6. The van der Waals surface area contributed by atoms with Crippen molar-refractivity contribution in [1.82, 2.24) is 0 Å². The zero-order valence-electron chi connectivity index (χ0n) is 11.9. The standard InChI is InChI=1S/C14H28OP2/c1-11-5-6-12(2)16(11)9-10-17(15)13(3)7-8-14(17)4/h11-14H,5-10H2,1-4H3/t11-,12-,13-,14-/m1/s1. The molecule has 3 heteroatoms. The van der Waals surface area contributed by atoms with E-state index in [-0.39, 0.29) is 7.92 Å². The molecule has 0 N–H and O–H groups in total. The maximum atomic E-state index is 13.1. The summed E-state index contributed by atoms with van der Waals surface area (Å²) in [7, 11) is -1.67. The molecule has 0 aliphatic carbocycles. The number of hydrogen-bond donors (Lipinski definition) is 0. The van der Waals surface area contributed by atoms with Crippen molar-refractivity contribution in [3.05, 3.63) is 0 Å². The molecular formula is C14H28OP2. The average Bonchev–Trinajstić information content (AvgIpc) is 2.73. The van der Waals surface area contributed by atoms with Crippen molar-refractivity contribution in [2.24, 2.45) is 0 Å². The van der Waals surface area contributed by atoms with Crippen LogP contribution >= 0.6 is 15.1 Å². The zero-order chi connectivity index (χ0) is 12.6. The summed E-state index contributed by atoms with van der Waals surface area (Å²) in [4.78, 5) is 0. The van der Waals surface area contributed by atoms with Crippen molar-refractivity contribution in [2.75, 3.05) is 12.3 Å². The van der Waals surface area contributed by atoms with Crippen molar-refractivity contribution in [2.45, 2.75) is 76.0 Å². The van der Waals surface area contributed by atoms with Crippen molar-refractivity contribution in [3.8, 4) is 0 Å². The van der Waals surface area contributed by atoms with Crippen LogP contribution in [0, 0.1) is 0 Å². The van der Waals surface area contributed by atoms with E-state index in [0.29, 0.717) is 11.3 Å². The van der Waals surface area contributed by atoms with Crippen LogP contribution in [0.2, 0.25) is 0 Å². The fraction of sp³-hybridized carbons (Fsp3) is 1.00. The molecule has 0 unspecified atom stereocenters. The van der Waals surface area contributed by atoms with E-state index < -0.39 is 7.14 Å². The first-order valence-electron chi connectivity index (χ1n) is 7.29. The molecule has 0 saturated carbocycles. The van der Waals surface area contributed by atoms with E-state index in [1.54, 1.807) is 0 Å². The van der Waals surface area contributed by atoms with Crippen molar-refractivity contribution in [3.63, 3.8) is 0 Å². The number of rotatable bonds is 3.